The van der Waals surface area contributed by atoms with E-state index < -0.39 is 6.09 Å². The van der Waals surface area contributed by atoms with E-state index in [1.54, 1.807) is 18.1 Å². The van der Waals surface area contributed by atoms with E-state index in [4.69, 9.17) is 19.7 Å². The monoisotopic (exact) mass is 511 g/mol. The first-order valence-electron chi connectivity index (χ1n) is 11.8. The molecule has 11 nitrogen and oxygen atoms in total. The smallest absolute Gasteiger partial charge is 0.410 e. The summed E-state index contributed by atoms with van der Waals surface area (Å²) < 4.78 is 15.4. The maximum absolute atomic E-state index is 11.5. The van der Waals surface area contributed by atoms with Gasteiger partial charge in [0, 0.05) is 41.3 Å². The topological polar surface area (TPSA) is 136 Å². The van der Waals surface area contributed by atoms with Crippen LogP contribution in [0.2, 0.25) is 0 Å². The zero-order valence-corrected chi connectivity index (χ0v) is 21.3. The minimum Gasteiger partial charge on any atom is -0.496 e. The molecule has 1 saturated heterocycles. The lowest BCUT2D eigenvalue weighted by Gasteiger charge is -2.15. The van der Waals surface area contributed by atoms with Gasteiger partial charge in [0.15, 0.2) is 5.84 Å². The molecule has 3 N–H and O–H groups in total. The Bertz CT molecular complexity index is 1290. The summed E-state index contributed by atoms with van der Waals surface area (Å²) in [5.74, 6) is 1.60. The van der Waals surface area contributed by atoms with Crippen LogP contribution in [0, 0.1) is 13.8 Å². The Labute approximate surface area is 213 Å². The third-order valence-electron chi connectivity index (χ3n) is 6.54. The molecule has 0 saturated carbocycles. The van der Waals surface area contributed by atoms with Gasteiger partial charge >= 0.3 is 6.09 Å². The number of aryl methyl sites for hydroxylation is 1. The van der Waals surface area contributed by atoms with Gasteiger partial charge in [0.2, 0.25) is 0 Å². The molecule has 36 heavy (non-hydrogen) atoms. The number of nitrogens with one attached hydrogen (secondary N) is 2. The standard InChI is InChI=1S/C24H29N7O4S/c1-13-9-26-19(14(2)22(13)34-3)10-31-28-18-8-15(4-6-25-16-5-7-35-11-16)17-12-36-30-23(27-24(32)33)21(29-31)20(17)18/h8-9,16,25H,4-7,10-12H2,1-3H3,(H,27,30)(H,32,33)/t16-/m1/s1. The van der Waals surface area contributed by atoms with Gasteiger partial charge in [-0.15, -0.1) is 0 Å². The molecule has 4 heterocycles. The van der Waals surface area contributed by atoms with E-state index in [0.29, 0.717) is 24.0 Å². The summed E-state index contributed by atoms with van der Waals surface area (Å²) in [7, 11) is 1.64. The van der Waals surface area contributed by atoms with E-state index in [2.05, 4.69) is 26.1 Å². The normalized spacial score (nSPS) is 17.2. The van der Waals surface area contributed by atoms with Crippen LogP contribution in [-0.2, 0) is 23.5 Å². The van der Waals surface area contributed by atoms with Crippen molar-refractivity contribution in [2.75, 3.05) is 26.9 Å². The highest BCUT2D eigenvalue weighted by Crippen LogP contribution is 2.38. The fraction of sp³-hybridized carbons (Fsp3) is 0.458. The van der Waals surface area contributed by atoms with Crippen LogP contribution in [0.4, 0.5) is 4.79 Å². The molecule has 3 aliphatic heterocycles. The molecular formula is C24H29N7O4S. The maximum atomic E-state index is 11.5. The predicted octanol–water partition coefficient (Wildman–Crippen LogP) is 2.55. The molecule has 1 fully saturated rings. The maximum Gasteiger partial charge on any atom is 0.410 e. The van der Waals surface area contributed by atoms with E-state index in [1.807, 2.05) is 13.8 Å². The van der Waals surface area contributed by atoms with Crippen LogP contribution in [-0.4, -0.2) is 69.9 Å². The van der Waals surface area contributed by atoms with Crippen LogP contribution in [0.3, 0.4) is 0 Å². The number of amidine groups is 1. The van der Waals surface area contributed by atoms with Gasteiger partial charge < -0.3 is 19.9 Å². The first-order chi connectivity index (χ1) is 17.4. The fourth-order valence-corrected chi connectivity index (χ4v) is 5.56. The summed E-state index contributed by atoms with van der Waals surface area (Å²) in [5, 5.41) is 24.9. The zero-order valence-electron chi connectivity index (χ0n) is 20.5. The molecule has 0 aromatic carbocycles. The van der Waals surface area contributed by atoms with Gasteiger partial charge in [-0.1, -0.05) is 0 Å². The third-order valence-corrected chi connectivity index (χ3v) is 7.27. The van der Waals surface area contributed by atoms with Gasteiger partial charge in [0.25, 0.3) is 0 Å². The van der Waals surface area contributed by atoms with E-state index in [-0.39, 0.29) is 5.84 Å². The molecule has 5 rings (SSSR count). The lowest BCUT2D eigenvalue weighted by atomic mass is 10.1. The molecule has 1 aliphatic carbocycles. The second kappa shape index (κ2) is 10.4. The number of rotatable bonds is 7. The van der Waals surface area contributed by atoms with Crippen molar-refractivity contribution in [3.8, 4) is 17.0 Å². The van der Waals surface area contributed by atoms with E-state index in [9.17, 15) is 9.90 Å². The first-order valence-corrected chi connectivity index (χ1v) is 12.8. The van der Waals surface area contributed by atoms with Crippen molar-refractivity contribution in [1.82, 2.24) is 30.6 Å². The summed E-state index contributed by atoms with van der Waals surface area (Å²) in [6.07, 6.45) is 2.43. The summed E-state index contributed by atoms with van der Waals surface area (Å²) in [6.45, 7) is 6.58. The van der Waals surface area contributed by atoms with Crippen molar-refractivity contribution in [3.05, 3.63) is 45.9 Å². The number of aromatic nitrogens is 4. The Morgan fingerprint density at radius 1 is 1.36 bits per heavy atom. The van der Waals surface area contributed by atoms with Crippen LogP contribution >= 0.6 is 11.9 Å². The number of carbonyl (C=O) groups is 1. The first kappa shape index (κ1) is 24.5. The molecule has 1 amide bonds. The zero-order chi connectivity index (χ0) is 25.2. The lowest BCUT2D eigenvalue weighted by molar-refractivity contribution is 0.190. The van der Waals surface area contributed by atoms with Crippen molar-refractivity contribution in [3.63, 3.8) is 0 Å². The summed E-state index contributed by atoms with van der Waals surface area (Å²) in [5.41, 5.74) is 6.97. The van der Waals surface area contributed by atoms with E-state index in [0.717, 1.165) is 77.6 Å². The van der Waals surface area contributed by atoms with Crippen LogP contribution in [0.1, 0.15) is 40.1 Å². The van der Waals surface area contributed by atoms with Gasteiger partial charge in [-0.25, -0.2) is 4.79 Å². The second-order valence-electron chi connectivity index (χ2n) is 8.94. The second-order valence-corrected chi connectivity index (χ2v) is 9.67. The Morgan fingerprint density at radius 2 is 2.22 bits per heavy atom. The Kier molecular flexibility index (Phi) is 7.08. The Hall–Kier alpha value is -3.22. The SMILES string of the molecule is COc1c(C)cnc(Cn2nc3cc(CCN[C@@H]4CCOC4)c4c-3c(n2)C(NC(=O)O)=NSC4)c1C. The molecule has 12 heteroatoms. The Morgan fingerprint density at radius 3 is 2.97 bits per heavy atom. The summed E-state index contributed by atoms with van der Waals surface area (Å²) >= 11 is 1.31. The molecule has 0 unspecified atom stereocenters. The van der Waals surface area contributed by atoms with Gasteiger partial charge in [-0.05, 0) is 62.4 Å². The highest BCUT2D eigenvalue weighted by atomic mass is 32.2. The van der Waals surface area contributed by atoms with Gasteiger partial charge in [-0.2, -0.15) is 19.4 Å². The number of nitrogens with zero attached hydrogens (tertiary/aromatic N) is 5. The van der Waals surface area contributed by atoms with Crippen molar-refractivity contribution in [2.24, 2.45) is 4.40 Å². The average molecular weight is 512 g/mol. The van der Waals surface area contributed by atoms with E-state index in [1.165, 1.54) is 11.9 Å². The number of amides is 1. The predicted molar refractivity (Wildman–Crippen MR) is 136 cm³/mol. The van der Waals surface area contributed by atoms with Gasteiger partial charge in [0.05, 0.1) is 25.1 Å². The number of hydrogen-bond donors (Lipinski definition) is 3. The molecule has 1 atom stereocenters. The highest BCUT2D eigenvalue weighted by molar-refractivity contribution is 7.97. The quantitative estimate of drug-likeness (QED) is 0.409. The van der Waals surface area contributed by atoms with E-state index >= 15 is 0 Å². The minimum absolute atomic E-state index is 0.206. The summed E-state index contributed by atoms with van der Waals surface area (Å²) in [4.78, 5) is 17.6. The number of carboxylic acid groups (broad SMARTS) is 1. The average Bonchev–Trinajstić information content (AvgIpc) is 3.44. The van der Waals surface area contributed by atoms with Crippen LogP contribution in [0.5, 0.6) is 5.75 Å². The molecule has 4 aliphatic rings. The molecule has 190 valence electrons. The highest BCUT2D eigenvalue weighted by Gasteiger charge is 2.29. The van der Waals surface area contributed by atoms with Gasteiger partial charge in [-0.3, -0.25) is 10.3 Å². The number of methoxy groups -OCH3 is 1. The molecule has 0 bridgehead atoms. The summed E-state index contributed by atoms with van der Waals surface area (Å²) in [6, 6.07) is 2.47. The number of ether oxygens (including phenoxy) is 2. The van der Waals surface area contributed by atoms with Crippen molar-refractivity contribution in [2.45, 2.75) is 45.0 Å². The number of hydrogen-bond acceptors (Lipinski definition) is 9. The van der Waals surface area contributed by atoms with Crippen molar-refractivity contribution in [1.29, 1.82) is 0 Å². The molecular weight excluding hydrogens is 482 g/mol. The van der Waals surface area contributed by atoms with Crippen molar-refractivity contribution >= 4 is 23.9 Å². The molecule has 1 aromatic heterocycles. The Balaban J connectivity index is 1.52. The molecule has 0 radical (unpaired) electrons. The van der Waals surface area contributed by atoms with Crippen LogP contribution in [0.15, 0.2) is 16.7 Å². The largest absolute Gasteiger partial charge is 0.496 e. The molecule has 1 aromatic rings. The lowest BCUT2D eigenvalue weighted by Crippen LogP contribution is -2.32. The fourth-order valence-electron chi connectivity index (χ4n) is 4.78. The van der Waals surface area contributed by atoms with Gasteiger partial charge in [0.1, 0.15) is 18.0 Å². The number of pyridine rings is 1. The third kappa shape index (κ3) is 4.88. The van der Waals surface area contributed by atoms with Crippen LogP contribution in [0.25, 0.3) is 11.3 Å². The van der Waals surface area contributed by atoms with Crippen LogP contribution < -0.4 is 15.4 Å². The minimum atomic E-state index is -1.19. The van der Waals surface area contributed by atoms with Crippen molar-refractivity contribution < 1.29 is 19.4 Å². The molecule has 0 spiro atoms.